The van der Waals surface area contributed by atoms with E-state index in [2.05, 4.69) is 40.2 Å². The van der Waals surface area contributed by atoms with Crippen LogP contribution in [0.4, 0.5) is 0 Å². The van der Waals surface area contributed by atoms with E-state index >= 15 is 0 Å². The van der Waals surface area contributed by atoms with Crippen molar-refractivity contribution in [1.29, 1.82) is 0 Å². The number of rotatable bonds is 11. The molecule has 6 fully saturated rings. The van der Waals surface area contributed by atoms with E-state index in [0.29, 0.717) is 35.1 Å². The maximum atomic E-state index is 13.0. The molecular weight excluding hydrogens is 627 g/mol. The Labute approximate surface area is 276 Å². The van der Waals surface area contributed by atoms with Crippen molar-refractivity contribution < 1.29 is 29.7 Å². The largest absolute Gasteiger partial charge is 0.481 e. The van der Waals surface area contributed by atoms with Gasteiger partial charge in [0.25, 0.3) is 5.91 Å². The van der Waals surface area contributed by atoms with Crippen LogP contribution in [0.15, 0.2) is 40.3 Å². The second-order valence-corrected chi connectivity index (χ2v) is 14.9. The number of thiol groups is 1. The predicted octanol–water partition coefficient (Wildman–Crippen LogP) is 3.33. The molecule has 244 valence electrons. The van der Waals surface area contributed by atoms with Crippen LogP contribution in [0, 0.1) is 18.8 Å². The highest BCUT2D eigenvalue weighted by atomic mass is 32.2. The molecule has 8 rings (SSSR count). The Hall–Kier alpha value is -3.39. The van der Waals surface area contributed by atoms with Crippen molar-refractivity contribution in [3.05, 3.63) is 62.8 Å². The number of aliphatic hydroxyl groups excluding tert-OH is 1. The second-order valence-electron chi connectivity index (χ2n) is 13.2. The molecule has 0 aromatic carbocycles. The number of carbonyl (C=O) groups excluding carboxylic acids is 1. The normalized spacial score (nSPS) is 37.9. The van der Waals surface area contributed by atoms with Gasteiger partial charge in [0.2, 0.25) is 0 Å². The molecule has 46 heavy (non-hydrogen) atoms. The van der Waals surface area contributed by atoms with Crippen LogP contribution >= 0.6 is 24.4 Å². The zero-order chi connectivity index (χ0) is 32.9. The number of nitrogens with one attached hydrogen (secondary N) is 3. The van der Waals surface area contributed by atoms with E-state index < -0.39 is 18.2 Å². The average Bonchev–Trinajstić information content (AvgIpc) is 3.91. The summed E-state index contributed by atoms with van der Waals surface area (Å²) in [5.41, 5.74) is 6.81. The van der Waals surface area contributed by atoms with Gasteiger partial charge < -0.3 is 30.9 Å². The van der Waals surface area contributed by atoms with E-state index in [1.54, 1.807) is 6.08 Å². The molecule has 0 aliphatic carbocycles. The lowest BCUT2D eigenvalue weighted by Gasteiger charge is -2.19. The standard InChI is InChI=1S/C33H39N5O6S2/c1-15-18(5-7-27(39)40)22(34-21(15)11-24-29(26-14-46-26)17(3)30(43)36-24)12-23-19(6-8-28(41)42)16(2)25(35-23)13-33-32(4)20(9-10-45)31(44)37(33)38(32)33/h5,7,9,11-12,17,25-26,29-30,34-36,43,45H,6,8,10,13-14H2,1-4H3,(H,39,40)(H,41,42)/b7-5-,20-9+,23-12-,24-11-/t17-,25?,26+,29-,30?,32+,33+,37?,38?/m1/s1. The van der Waals surface area contributed by atoms with Crippen molar-refractivity contribution in [2.45, 2.75) is 75.7 Å². The fourth-order valence-electron chi connectivity index (χ4n) is 8.15. The number of nitrogens with zero attached hydrogens (tertiary/aromatic N) is 2. The van der Waals surface area contributed by atoms with Gasteiger partial charge in [0.15, 0.2) is 5.66 Å². The lowest BCUT2D eigenvalue weighted by molar-refractivity contribution is -0.137. The summed E-state index contributed by atoms with van der Waals surface area (Å²) in [5.74, 6) is -0.113. The molecular formula is C33H39N5O6S2. The van der Waals surface area contributed by atoms with Crippen LogP contribution in [0.1, 0.15) is 62.5 Å². The third-order valence-corrected chi connectivity index (χ3v) is 12.0. The van der Waals surface area contributed by atoms with Gasteiger partial charge >= 0.3 is 11.9 Å². The van der Waals surface area contributed by atoms with Gasteiger partial charge in [-0.1, -0.05) is 13.0 Å². The molecule has 13 heteroatoms. The number of carbonyl (C=O) groups is 3. The molecule has 1 aromatic heterocycles. The van der Waals surface area contributed by atoms with Crippen molar-refractivity contribution in [1.82, 2.24) is 25.6 Å². The van der Waals surface area contributed by atoms with Crippen LogP contribution in [-0.4, -0.2) is 88.4 Å². The van der Waals surface area contributed by atoms with E-state index in [-0.39, 0.29) is 41.4 Å². The first-order valence-corrected chi connectivity index (χ1v) is 17.3. The number of aromatic amines is 1. The van der Waals surface area contributed by atoms with E-state index in [9.17, 15) is 29.7 Å². The van der Waals surface area contributed by atoms with Crippen LogP contribution in [-0.2, 0) is 14.4 Å². The van der Waals surface area contributed by atoms with Crippen LogP contribution in [0.3, 0.4) is 0 Å². The van der Waals surface area contributed by atoms with Gasteiger partial charge in [-0.2, -0.15) is 29.4 Å². The number of fused-ring (bicyclic) bond motifs is 1. The summed E-state index contributed by atoms with van der Waals surface area (Å²) in [7, 11) is 0. The third-order valence-electron chi connectivity index (χ3n) is 10.8. The number of carboxylic acids is 2. The fourth-order valence-corrected chi connectivity index (χ4v) is 9.26. The molecule has 11 nitrogen and oxygen atoms in total. The molecule has 1 aromatic rings. The van der Waals surface area contributed by atoms with Gasteiger partial charge in [0.1, 0.15) is 11.8 Å². The fraction of sp³-hybridized carbons (Fsp3) is 0.485. The third kappa shape index (κ3) is 4.53. The highest BCUT2D eigenvalue weighted by molar-refractivity contribution is 8.06. The van der Waals surface area contributed by atoms with Gasteiger partial charge in [-0.15, -0.1) is 0 Å². The molecule has 3 unspecified atom stereocenters. The van der Waals surface area contributed by atoms with Crippen molar-refractivity contribution >= 4 is 60.5 Å². The quantitative estimate of drug-likeness (QED) is 0.106. The van der Waals surface area contributed by atoms with Crippen molar-refractivity contribution in [3.8, 4) is 0 Å². The maximum Gasteiger partial charge on any atom is 0.328 e. The number of carboxylic acid groups (broad SMARTS) is 2. The molecule has 8 heterocycles. The van der Waals surface area contributed by atoms with E-state index in [1.807, 2.05) is 55.8 Å². The molecule has 0 radical (unpaired) electrons. The number of aromatic nitrogens is 1. The summed E-state index contributed by atoms with van der Waals surface area (Å²) in [5, 5.41) is 40.9. The van der Waals surface area contributed by atoms with Crippen LogP contribution < -0.4 is 10.6 Å². The summed E-state index contributed by atoms with van der Waals surface area (Å²) >= 11 is 6.19. The lowest BCUT2D eigenvalue weighted by atomic mass is 9.90. The van der Waals surface area contributed by atoms with Crippen molar-refractivity contribution in [2.24, 2.45) is 11.8 Å². The molecule has 6 N–H and O–H groups in total. The molecule has 1 amide bonds. The Balaban J connectivity index is 1.24. The summed E-state index contributed by atoms with van der Waals surface area (Å²) in [4.78, 5) is 39.6. The number of H-pyrrole nitrogens is 1. The first-order valence-electron chi connectivity index (χ1n) is 15.6. The maximum absolute atomic E-state index is 13.0. The SMILES string of the molecule is CC1=C(CCC(=O)O)/C(=C/c2[nH]c(/C=C3\NC(O)[C@H](C)[C@H]3[C@@H]3CS3)c(C)c2/C=C\C(=O)O)NC1C[C@@]12N3C(=O)/C(=C\CS)[C@]1(C)N32. The van der Waals surface area contributed by atoms with Crippen molar-refractivity contribution in [2.75, 3.05) is 11.5 Å². The zero-order valence-corrected chi connectivity index (χ0v) is 27.8. The minimum absolute atomic E-state index is 0.0256. The summed E-state index contributed by atoms with van der Waals surface area (Å²) in [6, 6.07) is -0.120. The molecule has 6 saturated heterocycles. The topological polar surface area (TPSA) is 158 Å². The molecule has 8 atom stereocenters. The van der Waals surface area contributed by atoms with Crippen LogP contribution in [0.5, 0.6) is 0 Å². The van der Waals surface area contributed by atoms with Gasteiger partial charge in [-0.25, -0.2) is 9.80 Å². The van der Waals surface area contributed by atoms with Gasteiger partial charge in [0, 0.05) is 81.4 Å². The van der Waals surface area contributed by atoms with Gasteiger partial charge in [-0.3, -0.25) is 9.59 Å². The highest BCUT2D eigenvalue weighted by Crippen LogP contribution is 2.80. The van der Waals surface area contributed by atoms with Crippen LogP contribution in [0.25, 0.3) is 18.2 Å². The second kappa shape index (κ2) is 10.8. The van der Waals surface area contributed by atoms with E-state index in [0.717, 1.165) is 51.2 Å². The van der Waals surface area contributed by atoms with E-state index in [1.165, 1.54) is 0 Å². The summed E-state index contributed by atoms with van der Waals surface area (Å²) in [6.07, 6.45) is 8.86. The summed E-state index contributed by atoms with van der Waals surface area (Å²) in [6.45, 7) is 8.09. The number of allylic oxidation sites excluding steroid dienone is 2. The van der Waals surface area contributed by atoms with E-state index in [4.69, 9.17) is 0 Å². The Morgan fingerprint density at radius 2 is 1.91 bits per heavy atom. The highest BCUT2D eigenvalue weighted by Gasteiger charge is 3.00. The Kier molecular flexibility index (Phi) is 7.35. The average molecular weight is 666 g/mol. The summed E-state index contributed by atoms with van der Waals surface area (Å²) < 4.78 is 0. The first-order chi connectivity index (χ1) is 21.8. The molecule has 2 bridgehead atoms. The lowest BCUT2D eigenvalue weighted by Crippen LogP contribution is -2.36. The predicted molar refractivity (Wildman–Crippen MR) is 179 cm³/mol. The van der Waals surface area contributed by atoms with Crippen molar-refractivity contribution in [3.63, 3.8) is 0 Å². The Bertz CT molecular complexity index is 1720. The molecule has 7 aliphatic heterocycles. The monoisotopic (exact) mass is 665 g/mol. The Morgan fingerprint density at radius 3 is 2.54 bits per heavy atom. The smallest absolute Gasteiger partial charge is 0.328 e. The number of aliphatic hydroxyl groups is 1. The van der Waals surface area contributed by atoms with Gasteiger partial charge in [-0.05, 0) is 62.1 Å². The number of thioether (sulfide) groups is 1. The van der Waals surface area contributed by atoms with Crippen LogP contribution in [0.2, 0.25) is 0 Å². The number of hydrazine groups is 1. The molecule has 7 aliphatic rings. The first kappa shape index (κ1) is 31.2. The molecule has 0 saturated carbocycles. The number of hydrogen-bond acceptors (Lipinski definition) is 9. The van der Waals surface area contributed by atoms with Gasteiger partial charge in [0.05, 0.1) is 6.04 Å². The minimum Gasteiger partial charge on any atom is -0.481 e. The Morgan fingerprint density at radius 1 is 1.17 bits per heavy atom. The minimum atomic E-state index is -1.06. The number of hydrogen-bond donors (Lipinski definition) is 7. The molecule has 0 spiro atoms. The number of aliphatic carboxylic acids is 2. The zero-order valence-electron chi connectivity index (χ0n) is 26.1. The number of amides is 1.